The van der Waals surface area contributed by atoms with Crippen LogP contribution in [-0.2, 0) is 4.79 Å². The predicted octanol–water partition coefficient (Wildman–Crippen LogP) is 2.11. The third-order valence-corrected chi connectivity index (χ3v) is 4.32. The first-order valence-electron chi connectivity index (χ1n) is 8.41. The molecule has 0 aromatic heterocycles. The van der Waals surface area contributed by atoms with E-state index in [1.807, 2.05) is 13.8 Å². The van der Waals surface area contributed by atoms with E-state index in [0.717, 1.165) is 12.5 Å². The summed E-state index contributed by atoms with van der Waals surface area (Å²) < 4.78 is 0. The molecule has 0 aromatic rings. The third-order valence-electron chi connectivity index (χ3n) is 4.32. The number of rotatable bonds is 4. The van der Waals surface area contributed by atoms with Crippen molar-refractivity contribution in [2.75, 3.05) is 39.3 Å². The Bertz CT molecular complexity index is 262. The van der Waals surface area contributed by atoms with Gasteiger partial charge in [0.05, 0.1) is 0 Å². The Morgan fingerprint density at radius 1 is 1.15 bits per heavy atom. The minimum absolute atomic E-state index is 0. The van der Waals surface area contributed by atoms with Crippen LogP contribution < -0.4 is 10.6 Å². The summed E-state index contributed by atoms with van der Waals surface area (Å²) >= 11 is 0. The van der Waals surface area contributed by atoms with E-state index in [4.69, 9.17) is 0 Å². The van der Waals surface area contributed by atoms with E-state index in [0.29, 0.717) is 5.92 Å². The highest BCUT2D eigenvalue weighted by Crippen LogP contribution is 2.20. The summed E-state index contributed by atoms with van der Waals surface area (Å²) in [5, 5.41) is 6.37. The van der Waals surface area contributed by atoms with E-state index in [1.54, 1.807) is 6.92 Å². The van der Waals surface area contributed by atoms with Crippen molar-refractivity contribution in [1.82, 2.24) is 15.5 Å². The van der Waals surface area contributed by atoms with Crippen LogP contribution in [0.5, 0.6) is 0 Å². The van der Waals surface area contributed by atoms with Crippen molar-refractivity contribution < 1.29 is 6.22 Å². The number of hydrogen-bond donors (Lipinski definition) is 2. The minimum atomic E-state index is 0. The van der Waals surface area contributed by atoms with Crippen molar-refractivity contribution in [3.63, 3.8) is 0 Å². The Kier molecular flexibility index (Phi) is 8.86. The molecule has 0 unspecified atom stereocenters. The molecule has 0 radical (unpaired) electrons. The number of likely N-dealkylation sites (tertiary alicyclic amines) is 1. The molecule has 4 nitrogen and oxygen atoms in total. The molecule has 2 aliphatic heterocycles. The summed E-state index contributed by atoms with van der Waals surface area (Å²) in [5.74, 6) is 1.70. The zero-order valence-corrected chi connectivity index (χ0v) is 13.6. The van der Waals surface area contributed by atoms with Crippen LogP contribution in [0.3, 0.4) is 0 Å². The molecule has 0 atom stereocenters. The fourth-order valence-corrected chi connectivity index (χ4v) is 3.09. The van der Waals surface area contributed by atoms with Gasteiger partial charge in [0.15, 0.2) is 0 Å². The first kappa shape index (κ1) is 17.4. The van der Waals surface area contributed by atoms with Gasteiger partial charge in [-0.15, -0.1) is 0 Å². The molecule has 0 bridgehead atoms. The van der Waals surface area contributed by atoms with Crippen molar-refractivity contribution >= 4 is 5.91 Å². The standard InChI is InChI=1S/C14H27N3O.C2H6.H2/c1-12(18)16-10-13-4-8-17(9-5-13)11-14-2-6-15-7-3-14;1-2;/h13-15H,2-11H2,1H3,(H,16,18);1-2H3;1H. The van der Waals surface area contributed by atoms with Gasteiger partial charge in [0, 0.05) is 21.4 Å². The third kappa shape index (κ3) is 6.71. The quantitative estimate of drug-likeness (QED) is 0.831. The van der Waals surface area contributed by atoms with Gasteiger partial charge in [-0.1, -0.05) is 13.8 Å². The molecule has 2 N–H and O–H groups in total. The van der Waals surface area contributed by atoms with Crippen molar-refractivity contribution in [1.29, 1.82) is 0 Å². The lowest BCUT2D eigenvalue weighted by atomic mass is 9.93. The number of piperidine rings is 2. The summed E-state index contributed by atoms with van der Waals surface area (Å²) in [6.07, 6.45) is 5.16. The van der Waals surface area contributed by atoms with Gasteiger partial charge in [0.1, 0.15) is 0 Å². The average Bonchev–Trinajstić information content (AvgIpc) is 2.50. The van der Waals surface area contributed by atoms with E-state index in [9.17, 15) is 4.79 Å². The summed E-state index contributed by atoms with van der Waals surface area (Å²) in [7, 11) is 0. The molecule has 0 aromatic carbocycles. The summed E-state index contributed by atoms with van der Waals surface area (Å²) in [5.41, 5.74) is 0. The van der Waals surface area contributed by atoms with Gasteiger partial charge in [-0.25, -0.2) is 0 Å². The number of nitrogens with one attached hydrogen (secondary N) is 2. The van der Waals surface area contributed by atoms with Crippen molar-refractivity contribution in [2.24, 2.45) is 11.8 Å². The Morgan fingerprint density at radius 2 is 1.75 bits per heavy atom. The van der Waals surface area contributed by atoms with Crippen LogP contribution in [0.1, 0.15) is 47.9 Å². The molecule has 4 heteroatoms. The molecule has 2 aliphatic rings. The second-order valence-corrected chi connectivity index (χ2v) is 5.87. The maximum Gasteiger partial charge on any atom is 0.216 e. The lowest BCUT2D eigenvalue weighted by molar-refractivity contribution is -0.119. The Labute approximate surface area is 126 Å². The maximum atomic E-state index is 10.9. The van der Waals surface area contributed by atoms with Crippen molar-refractivity contribution in [3.8, 4) is 0 Å². The molecule has 2 fully saturated rings. The van der Waals surface area contributed by atoms with Crippen LogP contribution in [0, 0.1) is 11.8 Å². The predicted molar refractivity (Wildman–Crippen MR) is 86.9 cm³/mol. The topological polar surface area (TPSA) is 44.4 Å². The largest absolute Gasteiger partial charge is 0.356 e. The normalized spacial score (nSPS) is 21.9. The second kappa shape index (κ2) is 10.2. The van der Waals surface area contributed by atoms with Gasteiger partial charge in [-0.3, -0.25) is 4.79 Å². The minimum Gasteiger partial charge on any atom is -0.356 e. The Hall–Kier alpha value is -0.610. The average molecular weight is 285 g/mol. The van der Waals surface area contributed by atoms with Gasteiger partial charge >= 0.3 is 0 Å². The molecule has 2 saturated heterocycles. The number of carbonyl (C=O) groups excluding carboxylic acids is 1. The van der Waals surface area contributed by atoms with E-state index in [-0.39, 0.29) is 7.33 Å². The number of nitrogens with zero attached hydrogens (tertiary/aromatic N) is 1. The summed E-state index contributed by atoms with van der Waals surface area (Å²) in [6, 6.07) is 0. The van der Waals surface area contributed by atoms with E-state index in [2.05, 4.69) is 15.5 Å². The molecule has 0 spiro atoms. The molecule has 2 heterocycles. The lowest BCUT2D eigenvalue weighted by Crippen LogP contribution is -2.42. The zero-order chi connectivity index (χ0) is 14.8. The highest BCUT2D eigenvalue weighted by atomic mass is 16.1. The molecule has 0 aliphatic carbocycles. The van der Waals surface area contributed by atoms with Crippen LogP contribution in [0.25, 0.3) is 0 Å². The first-order chi connectivity index (χ1) is 9.74. The van der Waals surface area contributed by atoms with Crippen molar-refractivity contribution in [3.05, 3.63) is 0 Å². The van der Waals surface area contributed by atoms with E-state index in [1.165, 1.54) is 58.4 Å². The smallest absolute Gasteiger partial charge is 0.216 e. The van der Waals surface area contributed by atoms with Crippen LogP contribution >= 0.6 is 0 Å². The van der Waals surface area contributed by atoms with Gasteiger partial charge < -0.3 is 15.5 Å². The van der Waals surface area contributed by atoms with Gasteiger partial charge in [-0.05, 0) is 63.7 Å². The molecular weight excluding hydrogens is 250 g/mol. The summed E-state index contributed by atoms with van der Waals surface area (Å²) in [4.78, 5) is 13.5. The number of carbonyl (C=O) groups is 1. The second-order valence-electron chi connectivity index (χ2n) is 5.87. The zero-order valence-electron chi connectivity index (χ0n) is 13.6. The van der Waals surface area contributed by atoms with Gasteiger partial charge in [0.25, 0.3) is 0 Å². The van der Waals surface area contributed by atoms with E-state index >= 15 is 0 Å². The Balaban J connectivity index is 0.00000128. The molecule has 0 saturated carbocycles. The van der Waals surface area contributed by atoms with Crippen LogP contribution in [0.2, 0.25) is 0 Å². The highest BCUT2D eigenvalue weighted by molar-refractivity contribution is 5.72. The highest BCUT2D eigenvalue weighted by Gasteiger charge is 2.22. The molecule has 120 valence electrons. The van der Waals surface area contributed by atoms with Crippen molar-refractivity contribution in [2.45, 2.75) is 46.5 Å². The molecular formula is C16H35N3O. The summed E-state index contributed by atoms with van der Waals surface area (Å²) in [6.45, 7) is 12.6. The monoisotopic (exact) mass is 285 g/mol. The van der Waals surface area contributed by atoms with Crippen LogP contribution in [0.4, 0.5) is 0 Å². The SMILES string of the molecule is CC.CC(=O)NCC1CCN(CC2CCNCC2)CC1.[HH]. The molecule has 20 heavy (non-hydrogen) atoms. The fraction of sp³-hybridized carbons (Fsp3) is 0.938. The maximum absolute atomic E-state index is 10.9. The van der Waals surface area contributed by atoms with Gasteiger partial charge in [-0.2, -0.15) is 0 Å². The number of amides is 1. The van der Waals surface area contributed by atoms with Gasteiger partial charge in [0.2, 0.25) is 5.91 Å². The fourth-order valence-electron chi connectivity index (χ4n) is 3.09. The van der Waals surface area contributed by atoms with E-state index < -0.39 is 0 Å². The lowest BCUT2D eigenvalue weighted by Gasteiger charge is -2.35. The molecule has 1 amide bonds. The molecule has 2 rings (SSSR count). The Morgan fingerprint density at radius 3 is 2.30 bits per heavy atom. The van der Waals surface area contributed by atoms with Crippen LogP contribution in [-0.4, -0.2) is 50.1 Å². The first-order valence-corrected chi connectivity index (χ1v) is 8.41. The van der Waals surface area contributed by atoms with Crippen LogP contribution in [0.15, 0.2) is 0 Å². The number of hydrogen-bond acceptors (Lipinski definition) is 3.